The van der Waals surface area contributed by atoms with Crippen molar-refractivity contribution in [2.45, 2.75) is 26.4 Å². The Balaban J connectivity index is 1.55. The second-order valence-electron chi connectivity index (χ2n) is 7.09. The third-order valence-electron chi connectivity index (χ3n) is 5.34. The molecule has 0 aliphatic carbocycles. The Hall–Kier alpha value is -2.48. The normalized spacial score (nSPS) is 17.7. The molecule has 26 heavy (non-hydrogen) atoms. The van der Waals surface area contributed by atoms with E-state index in [0.29, 0.717) is 24.7 Å². The summed E-state index contributed by atoms with van der Waals surface area (Å²) in [6, 6.07) is 0. The van der Waals surface area contributed by atoms with Crippen molar-refractivity contribution in [3.05, 3.63) is 34.9 Å². The number of aryl methyl sites for hydroxylation is 2. The van der Waals surface area contributed by atoms with Gasteiger partial charge < -0.3 is 14.7 Å². The summed E-state index contributed by atoms with van der Waals surface area (Å²) in [4.78, 5) is 28.2. The molecule has 0 aromatic carbocycles. The van der Waals surface area contributed by atoms with Crippen LogP contribution in [-0.2, 0) is 26.6 Å². The summed E-state index contributed by atoms with van der Waals surface area (Å²) >= 11 is 0. The number of nitrogens with zero attached hydrogens (tertiary/aromatic N) is 7. The maximum atomic E-state index is 13.0. The van der Waals surface area contributed by atoms with Crippen LogP contribution in [0.4, 0.5) is 5.95 Å². The molecule has 2 aliphatic rings. The second-order valence-corrected chi connectivity index (χ2v) is 7.09. The van der Waals surface area contributed by atoms with Gasteiger partial charge in [-0.3, -0.25) is 9.48 Å². The molecule has 0 spiro atoms. The topological polar surface area (TPSA) is 70.4 Å². The summed E-state index contributed by atoms with van der Waals surface area (Å²) < 4.78 is 1.83. The Morgan fingerprint density at radius 1 is 1.08 bits per heavy atom. The fourth-order valence-corrected chi connectivity index (χ4v) is 3.56. The van der Waals surface area contributed by atoms with Crippen LogP contribution in [0.1, 0.15) is 34.2 Å². The van der Waals surface area contributed by atoms with Crippen LogP contribution in [0.25, 0.3) is 0 Å². The summed E-state index contributed by atoms with van der Waals surface area (Å²) in [6.07, 6.45) is 4.67. The van der Waals surface area contributed by atoms with Crippen LogP contribution < -0.4 is 4.90 Å². The van der Waals surface area contributed by atoms with Gasteiger partial charge in [-0.2, -0.15) is 5.10 Å². The van der Waals surface area contributed by atoms with E-state index in [1.807, 2.05) is 29.0 Å². The molecule has 138 valence electrons. The Labute approximate surface area is 153 Å². The molecule has 2 aliphatic heterocycles. The molecule has 4 rings (SSSR count). The molecule has 0 saturated carbocycles. The van der Waals surface area contributed by atoms with Crippen LogP contribution in [0.3, 0.4) is 0 Å². The summed E-state index contributed by atoms with van der Waals surface area (Å²) in [6.45, 7) is 6.72. The van der Waals surface area contributed by atoms with Crippen molar-refractivity contribution in [3.8, 4) is 0 Å². The number of rotatable bonds is 3. The summed E-state index contributed by atoms with van der Waals surface area (Å²) in [5.41, 5.74) is 3.79. The number of piperazine rings is 1. The number of aromatic nitrogens is 4. The van der Waals surface area contributed by atoms with E-state index in [4.69, 9.17) is 0 Å². The highest BCUT2D eigenvalue weighted by atomic mass is 16.2. The quantitative estimate of drug-likeness (QED) is 0.806. The lowest BCUT2D eigenvalue weighted by Crippen LogP contribution is -2.47. The highest BCUT2D eigenvalue weighted by molar-refractivity contribution is 5.94. The number of amides is 1. The fraction of sp³-hybridized carbons (Fsp3) is 0.556. The van der Waals surface area contributed by atoms with Crippen LogP contribution in [0.2, 0.25) is 0 Å². The average Bonchev–Trinajstić information content (AvgIpc) is 3.23. The number of fused-ring (bicyclic) bond motifs is 1. The number of anilines is 1. The smallest absolute Gasteiger partial charge is 0.274 e. The number of likely N-dealkylation sites (N-methyl/N-ethyl adjacent to an activating group) is 1. The Kier molecular flexibility index (Phi) is 4.36. The maximum absolute atomic E-state index is 13.0. The summed E-state index contributed by atoms with van der Waals surface area (Å²) in [5.74, 6) is 0.746. The minimum atomic E-state index is 0.0408. The van der Waals surface area contributed by atoms with Crippen LogP contribution >= 0.6 is 0 Å². The van der Waals surface area contributed by atoms with Gasteiger partial charge in [-0.25, -0.2) is 9.97 Å². The first-order valence-electron chi connectivity index (χ1n) is 9.15. The molecule has 1 saturated heterocycles. The van der Waals surface area contributed by atoms with Crippen LogP contribution in [0, 0.1) is 0 Å². The van der Waals surface area contributed by atoms with Crippen molar-refractivity contribution in [3.63, 3.8) is 0 Å². The molecule has 0 bridgehead atoms. The zero-order chi connectivity index (χ0) is 18.3. The molecule has 0 N–H and O–H groups in total. The molecule has 1 fully saturated rings. The van der Waals surface area contributed by atoms with E-state index in [1.165, 1.54) is 0 Å². The average molecular weight is 355 g/mol. The van der Waals surface area contributed by atoms with Gasteiger partial charge in [0.25, 0.3) is 5.91 Å². The molecule has 2 aromatic heterocycles. The van der Waals surface area contributed by atoms with E-state index < -0.39 is 0 Å². The van der Waals surface area contributed by atoms with Crippen molar-refractivity contribution in [2.24, 2.45) is 7.05 Å². The largest absolute Gasteiger partial charge is 0.335 e. The van der Waals surface area contributed by atoms with Gasteiger partial charge in [0.2, 0.25) is 5.95 Å². The molecule has 1 amide bonds. The third-order valence-corrected chi connectivity index (χ3v) is 5.34. The molecular weight excluding hydrogens is 330 g/mol. The van der Waals surface area contributed by atoms with Gasteiger partial charge >= 0.3 is 0 Å². The summed E-state index contributed by atoms with van der Waals surface area (Å²) in [7, 11) is 3.99. The predicted octanol–water partition coefficient (Wildman–Crippen LogP) is 0.680. The third kappa shape index (κ3) is 2.94. The lowest BCUT2D eigenvalue weighted by atomic mass is 10.2. The van der Waals surface area contributed by atoms with Crippen molar-refractivity contribution in [2.75, 3.05) is 38.1 Å². The van der Waals surface area contributed by atoms with Crippen molar-refractivity contribution in [1.29, 1.82) is 0 Å². The van der Waals surface area contributed by atoms with Gasteiger partial charge in [0.1, 0.15) is 0 Å². The van der Waals surface area contributed by atoms with E-state index in [9.17, 15) is 4.79 Å². The van der Waals surface area contributed by atoms with Gasteiger partial charge in [0, 0.05) is 51.2 Å². The number of carbonyl (C=O) groups is 1. The van der Waals surface area contributed by atoms with E-state index in [1.54, 1.807) is 0 Å². The van der Waals surface area contributed by atoms with Gasteiger partial charge in [-0.15, -0.1) is 0 Å². The Morgan fingerprint density at radius 3 is 2.42 bits per heavy atom. The molecule has 4 heterocycles. The molecule has 0 atom stereocenters. The molecule has 0 radical (unpaired) electrons. The van der Waals surface area contributed by atoms with Gasteiger partial charge in [0.15, 0.2) is 5.69 Å². The second kappa shape index (κ2) is 6.68. The molecule has 0 unspecified atom stereocenters. The zero-order valence-corrected chi connectivity index (χ0v) is 15.6. The first-order valence-corrected chi connectivity index (χ1v) is 9.15. The van der Waals surface area contributed by atoms with Crippen LogP contribution in [0.15, 0.2) is 12.4 Å². The van der Waals surface area contributed by atoms with Crippen LogP contribution in [-0.4, -0.2) is 68.7 Å². The number of carbonyl (C=O) groups excluding carboxylic acids is 1. The van der Waals surface area contributed by atoms with E-state index in [-0.39, 0.29) is 5.91 Å². The molecule has 2 aromatic rings. The Bertz CT molecular complexity index is 806. The standard InChI is InChI=1S/C18H25N7O/c1-4-13-9-19-18(20-10-13)25-11-14-15(12-25)23(3)21-16(14)17(26)24-7-5-22(2)6-8-24/h9-10H,4-8,11-12H2,1-3H3. The van der Waals surface area contributed by atoms with Crippen molar-refractivity contribution >= 4 is 11.9 Å². The monoisotopic (exact) mass is 355 g/mol. The highest BCUT2D eigenvalue weighted by Crippen LogP contribution is 2.29. The highest BCUT2D eigenvalue weighted by Gasteiger charge is 2.33. The number of hydrogen-bond donors (Lipinski definition) is 0. The predicted molar refractivity (Wildman–Crippen MR) is 97.9 cm³/mol. The number of hydrogen-bond acceptors (Lipinski definition) is 6. The SMILES string of the molecule is CCc1cnc(N2Cc3c(C(=O)N4CCN(C)CC4)nn(C)c3C2)nc1. The lowest BCUT2D eigenvalue weighted by molar-refractivity contribution is 0.0656. The van der Waals surface area contributed by atoms with Crippen molar-refractivity contribution < 1.29 is 4.79 Å². The molecule has 8 nitrogen and oxygen atoms in total. The fourth-order valence-electron chi connectivity index (χ4n) is 3.56. The lowest BCUT2D eigenvalue weighted by Gasteiger charge is -2.32. The van der Waals surface area contributed by atoms with Crippen LogP contribution in [0.5, 0.6) is 0 Å². The minimum absolute atomic E-state index is 0.0408. The molecule has 8 heteroatoms. The Morgan fingerprint density at radius 2 is 1.77 bits per heavy atom. The van der Waals surface area contributed by atoms with Crippen molar-refractivity contribution in [1.82, 2.24) is 29.5 Å². The summed E-state index contributed by atoms with van der Waals surface area (Å²) in [5, 5.41) is 4.53. The first-order chi connectivity index (χ1) is 12.6. The van der Waals surface area contributed by atoms with E-state index in [0.717, 1.165) is 49.4 Å². The first kappa shape index (κ1) is 17.0. The van der Waals surface area contributed by atoms with Gasteiger partial charge in [-0.1, -0.05) is 6.92 Å². The molecular formula is C18H25N7O. The van der Waals surface area contributed by atoms with E-state index in [2.05, 4.69) is 38.8 Å². The maximum Gasteiger partial charge on any atom is 0.274 e. The van der Waals surface area contributed by atoms with Gasteiger partial charge in [0.05, 0.1) is 18.8 Å². The minimum Gasteiger partial charge on any atom is -0.335 e. The van der Waals surface area contributed by atoms with Gasteiger partial charge in [-0.05, 0) is 19.0 Å². The zero-order valence-electron chi connectivity index (χ0n) is 15.6. The van der Waals surface area contributed by atoms with E-state index >= 15 is 0 Å².